The molecule has 0 saturated carbocycles. The second-order valence-electron chi connectivity index (χ2n) is 8.83. The second-order valence-corrected chi connectivity index (χ2v) is 11.8. The van der Waals surface area contributed by atoms with Crippen LogP contribution < -0.4 is 0 Å². The Kier molecular flexibility index (Phi) is 7.77. The summed E-state index contributed by atoms with van der Waals surface area (Å²) >= 11 is -0.0570. The number of halogens is 1. The molecule has 0 aliphatic rings. The standard InChI is InChI=1S/C23H28FNO3S2/c1-15-9-8-10-16(14-25-30(27)23(5,6)7)20(15)29-19-12-11-17(24)13-18(19)21(26)28-22(2,3)4/h8-14H,1-7H3/b25-14-. The minimum absolute atomic E-state index is 0.166. The van der Waals surface area contributed by atoms with Crippen LogP contribution in [0.4, 0.5) is 4.39 Å². The molecule has 0 radical (unpaired) electrons. The number of esters is 1. The van der Waals surface area contributed by atoms with E-state index in [1.165, 1.54) is 23.9 Å². The molecule has 0 heterocycles. The minimum Gasteiger partial charge on any atom is -0.591 e. The van der Waals surface area contributed by atoms with Crippen LogP contribution in [0.5, 0.6) is 0 Å². The number of rotatable bonds is 5. The molecule has 0 aliphatic carbocycles. The Hall–Kier alpha value is -1.83. The molecule has 0 aromatic heterocycles. The van der Waals surface area contributed by atoms with Gasteiger partial charge in [-0.3, -0.25) is 0 Å². The van der Waals surface area contributed by atoms with Gasteiger partial charge in [0.2, 0.25) is 0 Å². The summed E-state index contributed by atoms with van der Waals surface area (Å²) in [6.45, 7) is 12.8. The van der Waals surface area contributed by atoms with Crippen LogP contribution in [0.2, 0.25) is 0 Å². The summed E-state index contributed by atoms with van der Waals surface area (Å²) in [6, 6.07) is 9.78. The number of hydrogen-bond donors (Lipinski definition) is 0. The average molecular weight is 450 g/mol. The first-order valence-electron chi connectivity index (χ1n) is 9.54. The Labute approximate surface area is 185 Å². The number of carbonyl (C=O) groups is 1. The quantitative estimate of drug-likeness (QED) is 0.313. The molecule has 0 saturated heterocycles. The molecule has 1 atom stereocenters. The highest BCUT2D eigenvalue weighted by molar-refractivity contribution is 7.99. The van der Waals surface area contributed by atoms with Crippen LogP contribution in [0.25, 0.3) is 0 Å². The van der Waals surface area contributed by atoms with Crippen LogP contribution in [-0.4, -0.2) is 27.1 Å². The number of aryl methyl sites for hydroxylation is 1. The zero-order valence-electron chi connectivity index (χ0n) is 18.4. The normalized spacial score (nSPS) is 13.5. The SMILES string of the molecule is Cc1cccc(/C=N\[S+]([O-])C(C)(C)C)c1Sc1ccc(F)cc1C(=O)OC(C)(C)C. The van der Waals surface area contributed by atoms with Crippen molar-refractivity contribution in [1.29, 1.82) is 0 Å². The number of nitrogens with zero attached hydrogens (tertiary/aromatic N) is 1. The van der Waals surface area contributed by atoms with E-state index in [-0.39, 0.29) is 5.56 Å². The largest absolute Gasteiger partial charge is 0.591 e. The fraction of sp³-hybridized carbons (Fsp3) is 0.391. The Balaban J connectivity index is 2.44. The molecular formula is C23H28FNO3S2. The molecule has 0 amide bonds. The second kappa shape index (κ2) is 9.54. The molecule has 162 valence electrons. The van der Waals surface area contributed by atoms with Gasteiger partial charge in [0.15, 0.2) is 0 Å². The number of benzene rings is 2. The Morgan fingerprint density at radius 2 is 1.83 bits per heavy atom. The summed E-state index contributed by atoms with van der Waals surface area (Å²) in [5, 5.41) is 0. The maximum atomic E-state index is 13.9. The van der Waals surface area contributed by atoms with Gasteiger partial charge in [0, 0.05) is 15.4 Å². The fourth-order valence-corrected chi connectivity index (χ4v) is 3.97. The van der Waals surface area contributed by atoms with Crippen molar-refractivity contribution in [3.05, 3.63) is 58.9 Å². The third kappa shape index (κ3) is 6.86. The number of hydrogen-bond acceptors (Lipinski definition) is 5. The molecule has 2 aromatic rings. The predicted molar refractivity (Wildman–Crippen MR) is 122 cm³/mol. The van der Waals surface area contributed by atoms with Crippen LogP contribution in [0.3, 0.4) is 0 Å². The first-order valence-corrected chi connectivity index (χ1v) is 11.5. The van der Waals surface area contributed by atoms with Gasteiger partial charge in [-0.15, -0.1) is 0 Å². The summed E-state index contributed by atoms with van der Waals surface area (Å²) in [5.41, 5.74) is 1.21. The van der Waals surface area contributed by atoms with Crippen molar-refractivity contribution in [2.45, 2.75) is 68.6 Å². The molecule has 0 N–H and O–H groups in total. The van der Waals surface area contributed by atoms with Gasteiger partial charge in [-0.25, -0.2) is 9.18 Å². The van der Waals surface area contributed by atoms with Crippen LogP contribution in [0.15, 0.2) is 50.6 Å². The lowest BCUT2D eigenvalue weighted by Gasteiger charge is -2.21. The lowest BCUT2D eigenvalue weighted by molar-refractivity contribution is 0.00650. The number of carbonyl (C=O) groups excluding carboxylic acids is 1. The lowest BCUT2D eigenvalue weighted by atomic mass is 10.1. The molecule has 0 aliphatic heterocycles. The molecular weight excluding hydrogens is 421 g/mol. The van der Waals surface area contributed by atoms with Gasteiger partial charge >= 0.3 is 5.97 Å². The Morgan fingerprint density at radius 3 is 2.43 bits per heavy atom. The first-order chi connectivity index (χ1) is 13.8. The molecule has 30 heavy (non-hydrogen) atoms. The van der Waals surface area contributed by atoms with E-state index in [0.29, 0.717) is 4.90 Å². The van der Waals surface area contributed by atoms with Crippen molar-refractivity contribution in [3.63, 3.8) is 0 Å². The molecule has 1 unspecified atom stereocenters. The Bertz CT molecular complexity index is 946. The lowest BCUT2D eigenvalue weighted by Crippen LogP contribution is -2.25. The smallest absolute Gasteiger partial charge is 0.339 e. The van der Waals surface area contributed by atoms with E-state index in [1.54, 1.807) is 33.1 Å². The number of ether oxygens (including phenoxy) is 1. The highest BCUT2D eigenvalue weighted by Gasteiger charge is 2.26. The van der Waals surface area contributed by atoms with Gasteiger partial charge in [0.05, 0.1) is 11.8 Å². The van der Waals surface area contributed by atoms with E-state index in [0.717, 1.165) is 16.0 Å². The topological polar surface area (TPSA) is 61.7 Å². The summed E-state index contributed by atoms with van der Waals surface area (Å²) in [7, 11) is 0. The minimum atomic E-state index is -1.39. The first kappa shape index (κ1) is 24.4. The summed E-state index contributed by atoms with van der Waals surface area (Å²) in [6.07, 6.45) is 1.59. The molecule has 0 spiro atoms. The van der Waals surface area contributed by atoms with Crippen molar-refractivity contribution in [3.8, 4) is 0 Å². The summed E-state index contributed by atoms with van der Waals surface area (Å²) in [5.74, 6) is -1.09. The highest BCUT2D eigenvalue weighted by atomic mass is 32.2. The third-order valence-electron chi connectivity index (χ3n) is 3.83. The van der Waals surface area contributed by atoms with Crippen molar-refractivity contribution in [2.75, 3.05) is 0 Å². The van der Waals surface area contributed by atoms with Gasteiger partial charge in [-0.2, -0.15) is 0 Å². The summed E-state index contributed by atoms with van der Waals surface area (Å²) < 4.78 is 35.4. The van der Waals surface area contributed by atoms with Crippen molar-refractivity contribution in [1.82, 2.24) is 0 Å². The Morgan fingerprint density at radius 1 is 1.17 bits per heavy atom. The fourth-order valence-electron chi connectivity index (χ4n) is 2.37. The van der Waals surface area contributed by atoms with E-state index in [1.807, 2.05) is 45.9 Å². The van der Waals surface area contributed by atoms with Gasteiger partial charge in [-0.1, -0.05) is 34.4 Å². The zero-order valence-corrected chi connectivity index (χ0v) is 20.0. The molecule has 0 bridgehead atoms. The third-order valence-corrected chi connectivity index (χ3v) is 6.51. The molecule has 7 heteroatoms. The van der Waals surface area contributed by atoms with Crippen LogP contribution in [0, 0.1) is 12.7 Å². The zero-order chi connectivity index (χ0) is 22.7. The van der Waals surface area contributed by atoms with Crippen LogP contribution >= 0.6 is 11.8 Å². The van der Waals surface area contributed by atoms with Gasteiger partial charge in [0.25, 0.3) is 0 Å². The maximum Gasteiger partial charge on any atom is 0.339 e. The van der Waals surface area contributed by atoms with Crippen molar-refractivity contribution in [2.24, 2.45) is 4.40 Å². The highest BCUT2D eigenvalue weighted by Crippen LogP contribution is 2.36. The monoisotopic (exact) mass is 449 g/mol. The average Bonchev–Trinajstić information content (AvgIpc) is 2.60. The van der Waals surface area contributed by atoms with Gasteiger partial charge in [0.1, 0.15) is 27.5 Å². The van der Waals surface area contributed by atoms with E-state index in [4.69, 9.17) is 4.74 Å². The summed E-state index contributed by atoms with van der Waals surface area (Å²) in [4.78, 5) is 14.1. The van der Waals surface area contributed by atoms with Crippen LogP contribution in [0.1, 0.15) is 63.0 Å². The van der Waals surface area contributed by atoms with Gasteiger partial charge in [-0.05, 0) is 72.2 Å². The van der Waals surface area contributed by atoms with E-state index < -0.39 is 33.5 Å². The van der Waals surface area contributed by atoms with Crippen molar-refractivity contribution < 1.29 is 18.5 Å². The van der Waals surface area contributed by atoms with Crippen LogP contribution in [-0.2, 0) is 16.1 Å². The van der Waals surface area contributed by atoms with E-state index in [2.05, 4.69) is 4.40 Å². The molecule has 2 aromatic carbocycles. The molecule has 4 nitrogen and oxygen atoms in total. The van der Waals surface area contributed by atoms with E-state index >= 15 is 0 Å². The molecule has 2 rings (SSSR count). The molecule has 0 fully saturated rings. The maximum absolute atomic E-state index is 13.9. The van der Waals surface area contributed by atoms with E-state index in [9.17, 15) is 13.7 Å². The predicted octanol–water partition coefficient (Wildman–Crippen LogP) is 6.12. The van der Waals surface area contributed by atoms with Crippen molar-refractivity contribution >= 4 is 35.3 Å². The van der Waals surface area contributed by atoms with Gasteiger partial charge < -0.3 is 9.29 Å².